The average molecular weight is 559 g/mol. The van der Waals surface area contributed by atoms with Gasteiger partial charge < -0.3 is 25.1 Å². The fourth-order valence-electron chi connectivity index (χ4n) is 3.25. The molecule has 3 N–H and O–H groups in total. The molecule has 0 fully saturated rings. The minimum absolute atomic E-state index is 0.0578. The Morgan fingerprint density at radius 3 is 2.71 bits per heavy atom. The van der Waals surface area contributed by atoms with E-state index in [4.69, 9.17) is 26.8 Å². The van der Waals surface area contributed by atoms with Crippen LogP contribution in [0.2, 0.25) is 5.02 Å². The number of esters is 1. The number of hydrogen-bond donors (Lipinski definition) is 2. The van der Waals surface area contributed by atoms with Gasteiger partial charge in [-0.3, -0.25) is 0 Å². The molecule has 0 aliphatic heterocycles. The molecule has 0 aliphatic rings. The Morgan fingerprint density at radius 1 is 1.34 bits per heavy atom. The quantitative estimate of drug-likeness (QED) is 0.208. The highest BCUT2D eigenvalue weighted by molar-refractivity contribution is 9.10. The van der Waals surface area contributed by atoms with Gasteiger partial charge >= 0.3 is 5.97 Å². The second-order valence-corrected chi connectivity index (χ2v) is 8.59. The predicted octanol–water partition coefficient (Wildman–Crippen LogP) is 5.38. The molecule has 1 heterocycles. The van der Waals surface area contributed by atoms with Crippen LogP contribution in [0.5, 0.6) is 5.75 Å². The van der Waals surface area contributed by atoms with Gasteiger partial charge in [0.25, 0.3) is 0 Å². The summed E-state index contributed by atoms with van der Waals surface area (Å²) in [5.41, 5.74) is 8.95. The lowest BCUT2D eigenvalue weighted by atomic mass is 10.0. The van der Waals surface area contributed by atoms with Crippen LogP contribution in [0.25, 0.3) is 5.69 Å². The number of carbonyl (C=O) groups excluding carboxylic acids is 1. The van der Waals surface area contributed by atoms with Crippen molar-refractivity contribution >= 4 is 44.9 Å². The number of aromatic nitrogens is 2. The predicted molar refractivity (Wildman–Crippen MR) is 142 cm³/mol. The zero-order valence-electron chi connectivity index (χ0n) is 19.5. The first-order valence-corrected chi connectivity index (χ1v) is 11.7. The number of nitrogens with two attached hydrogens (primary N) is 1. The monoisotopic (exact) mass is 557 g/mol. The highest BCUT2D eigenvalue weighted by Crippen LogP contribution is 2.29. The van der Waals surface area contributed by atoms with E-state index >= 15 is 0 Å². The van der Waals surface area contributed by atoms with Gasteiger partial charge in [-0.15, -0.1) is 0 Å². The van der Waals surface area contributed by atoms with Gasteiger partial charge in [0.2, 0.25) is 0 Å². The van der Waals surface area contributed by atoms with E-state index < -0.39 is 5.97 Å². The Balaban J connectivity index is 1.97. The van der Waals surface area contributed by atoms with Gasteiger partial charge in [0.15, 0.2) is 0 Å². The average Bonchev–Trinajstić information content (AvgIpc) is 3.25. The molecule has 10 heteroatoms. The highest BCUT2D eigenvalue weighted by atomic mass is 79.9. The normalized spacial score (nSPS) is 11.8. The molecule has 0 aliphatic carbocycles. The number of nitrogens with one attached hydrogen (secondary N) is 1. The molecule has 0 radical (unpaired) electrons. The molecule has 1 aromatic heterocycles. The third kappa shape index (κ3) is 6.32. The Morgan fingerprint density at radius 2 is 2.11 bits per heavy atom. The maximum absolute atomic E-state index is 12.6. The van der Waals surface area contributed by atoms with Crippen LogP contribution in [0.3, 0.4) is 0 Å². The largest absolute Gasteiger partial charge is 0.494 e. The van der Waals surface area contributed by atoms with Gasteiger partial charge in [0.1, 0.15) is 17.1 Å². The lowest BCUT2D eigenvalue weighted by Crippen LogP contribution is -2.19. The van der Waals surface area contributed by atoms with Crippen LogP contribution in [0, 0.1) is 6.92 Å². The van der Waals surface area contributed by atoms with Crippen molar-refractivity contribution in [1.82, 2.24) is 9.55 Å². The van der Waals surface area contributed by atoms with Crippen molar-refractivity contribution in [2.45, 2.75) is 13.8 Å². The Bertz CT molecular complexity index is 1320. The number of aryl methyl sites for hydroxylation is 1. The molecule has 3 rings (SSSR count). The van der Waals surface area contributed by atoms with Crippen LogP contribution in [-0.2, 0) is 9.53 Å². The van der Waals surface area contributed by atoms with Gasteiger partial charge in [0.05, 0.1) is 42.2 Å². The van der Waals surface area contributed by atoms with Crippen molar-refractivity contribution in [2.24, 2.45) is 10.7 Å². The number of rotatable bonds is 9. The van der Waals surface area contributed by atoms with E-state index in [1.54, 1.807) is 38.6 Å². The molecule has 0 amide bonds. The number of imidazole rings is 1. The van der Waals surface area contributed by atoms with E-state index in [9.17, 15) is 4.79 Å². The van der Waals surface area contributed by atoms with Crippen molar-refractivity contribution in [3.05, 3.63) is 93.8 Å². The molecule has 0 atom stereocenters. The molecule has 0 saturated heterocycles. The van der Waals surface area contributed by atoms with Crippen LogP contribution in [-0.4, -0.2) is 34.9 Å². The molecular weight excluding hydrogens is 534 g/mol. The van der Waals surface area contributed by atoms with Crippen LogP contribution in [0.15, 0.2) is 82.6 Å². The van der Waals surface area contributed by atoms with E-state index in [0.717, 1.165) is 22.1 Å². The van der Waals surface area contributed by atoms with Gasteiger partial charge in [0, 0.05) is 34.2 Å². The number of aliphatic imine (C=N–C) groups is 1. The number of carbonyl (C=O) groups is 1. The Kier molecular flexibility index (Phi) is 8.73. The number of benzene rings is 2. The van der Waals surface area contributed by atoms with Crippen LogP contribution < -0.4 is 15.8 Å². The molecule has 0 spiro atoms. The van der Waals surface area contributed by atoms with Crippen molar-refractivity contribution < 1.29 is 14.3 Å². The second kappa shape index (κ2) is 11.7. The van der Waals surface area contributed by atoms with Crippen molar-refractivity contribution in [1.29, 1.82) is 0 Å². The van der Waals surface area contributed by atoms with E-state index in [0.29, 0.717) is 22.0 Å². The third-order valence-corrected chi connectivity index (χ3v) is 5.61. The number of anilines is 1. The van der Waals surface area contributed by atoms with Crippen LogP contribution in [0.4, 0.5) is 5.69 Å². The van der Waals surface area contributed by atoms with Crippen LogP contribution in [0.1, 0.15) is 18.2 Å². The number of halogens is 2. The summed E-state index contributed by atoms with van der Waals surface area (Å²) in [5.74, 6) is 0.243. The maximum Gasteiger partial charge on any atom is 0.341 e. The molecule has 2 aromatic carbocycles. The number of ether oxygens (including phenoxy) is 2. The fraction of sp³-hybridized carbons (Fsp3) is 0.160. The van der Waals surface area contributed by atoms with Gasteiger partial charge in [-0.1, -0.05) is 40.2 Å². The minimum Gasteiger partial charge on any atom is -0.494 e. The summed E-state index contributed by atoms with van der Waals surface area (Å²) in [4.78, 5) is 21.4. The summed E-state index contributed by atoms with van der Waals surface area (Å²) in [6.45, 7) is 7.80. The minimum atomic E-state index is -0.623. The zero-order chi connectivity index (χ0) is 25.5. The molecule has 0 unspecified atom stereocenters. The number of hydrogen-bond acceptors (Lipinski definition) is 7. The van der Waals surface area contributed by atoms with Crippen molar-refractivity contribution in [3.63, 3.8) is 0 Å². The molecule has 182 valence electrons. The molecule has 0 saturated carbocycles. The van der Waals surface area contributed by atoms with E-state index in [2.05, 4.69) is 37.8 Å². The van der Waals surface area contributed by atoms with Crippen LogP contribution >= 0.6 is 27.5 Å². The number of nitrogens with zero attached hydrogens (tertiary/aromatic N) is 3. The highest BCUT2D eigenvalue weighted by Gasteiger charge is 2.22. The zero-order valence-corrected chi connectivity index (χ0v) is 21.9. The van der Waals surface area contributed by atoms with E-state index in [1.807, 2.05) is 35.9 Å². The SMILES string of the molecule is C=C(N=C(/C(=C\N)C(=O)OCC)c1ccc(Br)cc1Cl)Nc1ccc(-n2cnc(C)c2)c(OC)c1. The molecule has 0 bridgehead atoms. The summed E-state index contributed by atoms with van der Waals surface area (Å²) in [5, 5.41) is 3.49. The molecular formula is C25H25BrClN5O3. The second-order valence-electron chi connectivity index (χ2n) is 7.27. The van der Waals surface area contributed by atoms with Gasteiger partial charge in [-0.25, -0.2) is 14.8 Å². The summed E-state index contributed by atoms with van der Waals surface area (Å²) in [7, 11) is 1.59. The van der Waals surface area contributed by atoms with Gasteiger partial charge in [-0.05, 0) is 38.1 Å². The molecule has 8 nitrogen and oxygen atoms in total. The molecule has 3 aromatic rings. The Labute approximate surface area is 217 Å². The summed E-state index contributed by atoms with van der Waals surface area (Å²) >= 11 is 9.85. The lowest BCUT2D eigenvalue weighted by Gasteiger charge is -2.15. The van der Waals surface area contributed by atoms with E-state index in [1.165, 1.54) is 0 Å². The summed E-state index contributed by atoms with van der Waals surface area (Å²) in [6, 6.07) is 10.8. The number of methoxy groups -OCH3 is 1. The smallest absolute Gasteiger partial charge is 0.341 e. The maximum atomic E-state index is 12.6. The Hall–Kier alpha value is -3.56. The lowest BCUT2D eigenvalue weighted by molar-refractivity contribution is -0.137. The first kappa shape index (κ1) is 26.1. The topological polar surface area (TPSA) is 104 Å². The van der Waals surface area contributed by atoms with E-state index in [-0.39, 0.29) is 23.7 Å². The standard InChI is InChI=1S/C25H25BrClN5O3/c1-5-35-25(33)20(12-28)24(19-8-6-17(26)10-21(19)27)31-16(3)30-18-7-9-22(23(11-18)34-4)32-13-15(2)29-14-32/h6-14,30H,3,5,28H2,1-2,4H3/b20-12+,31-24?. The molecule has 35 heavy (non-hydrogen) atoms. The van der Waals surface area contributed by atoms with Crippen molar-refractivity contribution in [3.8, 4) is 11.4 Å². The fourth-order valence-corrected chi connectivity index (χ4v) is 4.01. The third-order valence-electron chi connectivity index (χ3n) is 4.81. The first-order valence-electron chi connectivity index (χ1n) is 10.6. The summed E-state index contributed by atoms with van der Waals surface area (Å²) < 4.78 is 13.4. The van der Waals surface area contributed by atoms with Crippen molar-refractivity contribution in [2.75, 3.05) is 19.0 Å². The van der Waals surface area contributed by atoms with Gasteiger partial charge in [-0.2, -0.15) is 0 Å². The first-order chi connectivity index (χ1) is 16.8. The summed E-state index contributed by atoms with van der Waals surface area (Å²) in [6.07, 6.45) is 4.76.